The van der Waals surface area contributed by atoms with Gasteiger partial charge in [-0.2, -0.15) is 0 Å². The average Bonchev–Trinajstić information content (AvgIpc) is 2.82. The van der Waals surface area contributed by atoms with Crippen LogP contribution in [0.3, 0.4) is 0 Å². The summed E-state index contributed by atoms with van der Waals surface area (Å²) < 4.78 is 2.10. The second kappa shape index (κ2) is 6.23. The quantitative estimate of drug-likeness (QED) is 0.869. The lowest BCUT2D eigenvalue weighted by Gasteiger charge is -2.35. The summed E-state index contributed by atoms with van der Waals surface area (Å²) in [5, 5.41) is 3.64. The largest absolute Gasteiger partial charge is 0.342 e. The molecule has 1 saturated carbocycles. The average molecular weight is 250 g/mol. The number of imidazole rings is 1. The van der Waals surface area contributed by atoms with Crippen LogP contribution in [0.2, 0.25) is 0 Å². The van der Waals surface area contributed by atoms with Crippen molar-refractivity contribution in [3.63, 3.8) is 0 Å². The molecule has 0 aliphatic heterocycles. The zero-order valence-electron chi connectivity index (χ0n) is 11.9. The molecular formula is C14H26N4. The van der Waals surface area contributed by atoms with Gasteiger partial charge in [0, 0.05) is 38.6 Å². The first-order valence-electron chi connectivity index (χ1n) is 7.16. The molecule has 18 heavy (non-hydrogen) atoms. The topological polar surface area (TPSA) is 33.1 Å². The molecule has 0 amide bonds. The smallest absolute Gasteiger partial charge is 0.205 e. The molecular weight excluding hydrogens is 224 g/mol. The van der Waals surface area contributed by atoms with Gasteiger partial charge in [-0.3, -0.25) is 0 Å². The lowest BCUT2D eigenvalue weighted by Crippen LogP contribution is -2.41. The Kier molecular flexibility index (Phi) is 4.64. The highest BCUT2D eigenvalue weighted by Gasteiger charge is 2.25. The standard InChI is InChI=1S/C14H26N4/c1-4-9-15-12-5-7-13(8-6-12)18(3)14-16-10-11-17(14)2/h10-13,15H,4-9H2,1-3H3. The number of nitrogens with zero attached hydrogens (tertiary/aromatic N) is 3. The number of aryl methyl sites for hydroxylation is 1. The molecule has 102 valence electrons. The van der Waals surface area contributed by atoms with E-state index >= 15 is 0 Å². The molecule has 1 aliphatic carbocycles. The van der Waals surface area contributed by atoms with Crippen LogP contribution in [0.1, 0.15) is 39.0 Å². The highest BCUT2D eigenvalue weighted by Crippen LogP contribution is 2.25. The third-order valence-corrected chi connectivity index (χ3v) is 4.04. The van der Waals surface area contributed by atoms with Crippen LogP contribution in [0.5, 0.6) is 0 Å². The molecule has 0 radical (unpaired) electrons. The van der Waals surface area contributed by atoms with Gasteiger partial charge in [0.2, 0.25) is 5.95 Å². The molecule has 1 aromatic heterocycles. The highest BCUT2D eigenvalue weighted by molar-refractivity contribution is 5.31. The Balaban J connectivity index is 1.84. The maximum Gasteiger partial charge on any atom is 0.205 e. The van der Waals surface area contributed by atoms with Gasteiger partial charge >= 0.3 is 0 Å². The van der Waals surface area contributed by atoms with E-state index in [9.17, 15) is 0 Å². The molecule has 2 rings (SSSR count). The van der Waals surface area contributed by atoms with Gasteiger partial charge in [0.25, 0.3) is 0 Å². The van der Waals surface area contributed by atoms with Crippen molar-refractivity contribution < 1.29 is 0 Å². The Morgan fingerprint density at radius 2 is 2.11 bits per heavy atom. The van der Waals surface area contributed by atoms with E-state index in [0.29, 0.717) is 6.04 Å². The Bertz CT molecular complexity index is 352. The molecule has 4 nitrogen and oxygen atoms in total. The molecule has 0 atom stereocenters. The van der Waals surface area contributed by atoms with Crippen molar-refractivity contribution in [2.45, 2.75) is 51.1 Å². The Morgan fingerprint density at radius 1 is 1.39 bits per heavy atom. The van der Waals surface area contributed by atoms with Crippen LogP contribution in [0.25, 0.3) is 0 Å². The van der Waals surface area contributed by atoms with Crippen molar-refractivity contribution in [1.29, 1.82) is 0 Å². The molecule has 1 heterocycles. The molecule has 0 bridgehead atoms. The summed E-state index contributed by atoms with van der Waals surface area (Å²) in [6, 6.07) is 1.38. The summed E-state index contributed by atoms with van der Waals surface area (Å²) >= 11 is 0. The fourth-order valence-electron chi connectivity index (χ4n) is 2.88. The van der Waals surface area contributed by atoms with Crippen LogP contribution in [0, 0.1) is 0 Å². The van der Waals surface area contributed by atoms with Gasteiger partial charge in [0.05, 0.1) is 0 Å². The monoisotopic (exact) mass is 250 g/mol. The molecule has 0 aromatic carbocycles. The minimum absolute atomic E-state index is 0.644. The predicted octanol–water partition coefficient (Wildman–Crippen LogP) is 2.17. The van der Waals surface area contributed by atoms with E-state index in [1.165, 1.54) is 32.1 Å². The molecule has 1 aromatic rings. The number of rotatable bonds is 5. The molecule has 0 saturated heterocycles. The van der Waals surface area contributed by atoms with Gasteiger partial charge < -0.3 is 14.8 Å². The molecule has 0 unspecified atom stereocenters. The van der Waals surface area contributed by atoms with E-state index in [0.717, 1.165) is 18.5 Å². The van der Waals surface area contributed by atoms with Crippen molar-refractivity contribution >= 4 is 5.95 Å². The maximum absolute atomic E-state index is 4.43. The lowest BCUT2D eigenvalue weighted by atomic mass is 9.90. The van der Waals surface area contributed by atoms with Gasteiger partial charge in [0.1, 0.15) is 0 Å². The second-order valence-electron chi connectivity index (χ2n) is 5.41. The zero-order chi connectivity index (χ0) is 13.0. The van der Waals surface area contributed by atoms with Crippen molar-refractivity contribution in [2.24, 2.45) is 7.05 Å². The van der Waals surface area contributed by atoms with E-state index in [1.54, 1.807) is 0 Å². The Labute approximate surface area is 110 Å². The lowest BCUT2D eigenvalue weighted by molar-refractivity contribution is 0.335. The molecule has 4 heteroatoms. The first-order valence-corrected chi connectivity index (χ1v) is 7.16. The fourth-order valence-corrected chi connectivity index (χ4v) is 2.88. The Morgan fingerprint density at radius 3 is 2.67 bits per heavy atom. The number of hydrogen-bond donors (Lipinski definition) is 1. The van der Waals surface area contributed by atoms with Crippen LogP contribution in [-0.4, -0.2) is 35.2 Å². The van der Waals surface area contributed by atoms with E-state index in [-0.39, 0.29) is 0 Å². The number of aromatic nitrogens is 2. The van der Waals surface area contributed by atoms with Gasteiger partial charge in [0.15, 0.2) is 0 Å². The number of anilines is 1. The normalized spacial score (nSPS) is 24.2. The van der Waals surface area contributed by atoms with Gasteiger partial charge in [-0.1, -0.05) is 6.92 Å². The van der Waals surface area contributed by atoms with Gasteiger partial charge in [-0.05, 0) is 38.6 Å². The number of hydrogen-bond acceptors (Lipinski definition) is 3. The summed E-state index contributed by atoms with van der Waals surface area (Å²) in [6.07, 6.45) is 10.2. The zero-order valence-corrected chi connectivity index (χ0v) is 11.9. The predicted molar refractivity (Wildman–Crippen MR) is 75.9 cm³/mol. The highest BCUT2D eigenvalue weighted by atomic mass is 15.3. The van der Waals surface area contributed by atoms with Crippen molar-refractivity contribution in [1.82, 2.24) is 14.9 Å². The van der Waals surface area contributed by atoms with Crippen molar-refractivity contribution in [3.8, 4) is 0 Å². The van der Waals surface area contributed by atoms with E-state index in [2.05, 4.69) is 40.8 Å². The second-order valence-corrected chi connectivity index (χ2v) is 5.41. The minimum atomic E-state index is 0.644. The molecule has 0 spiro atoms. The van der Waals surface area contributed by atoms with E-state index in [1.807, 2.05) is 12.4 Å². The van der Waals surface area contributed by atoms with Crippen molar-refractivity contribution in [2.75, 3.05) is 18.5 Å². The summed E-state index contributed by atoms with van der Waals surface area (Å²) in [5.41, 5.74) is 0. The molecule has 1 aliphatic rings. The van der Waals surface area contributed by atoms with Gasteiger partial charge in [-0.25, -0.2) is 4.98 Å². The summed E-state index contributed by atoms with van der Waals surface area (Å²) in [5.74, 6) is 1.08. The number of nitrogens with one attached hydrogen (secondary N) is 1. The van der Waals surface area contributed by atoms with Crippen LogP contribution < -0.4 is 10.2 Å². The van der Waals surface area contributed by atoms with E-state index in [4.69, 9.17) is 0 Å². The fraction of sp³-hybridized carbons (Fsp3) is 0.786. The summed E-state index contributed by atoms with van der Waals surface area (Å²) in [6.45, 7) is 3.39. The summed E-state index contributed by atoms with van der Waals surface area (Å²) in [7, 11) is 4.24. The molecule has 1 fully saturated rings. The van der Waals surface area contributed by atoms with Crippen LogP contribution >= 0.6 is 0 Å². The van der Waals surface area contributed by atoms with Gasteiger partial charge in [-0.15, -0.1) is 0 Å². The first kappa shape index (κ1) is 13.4. The summed E-state index contributed by atoms with van der Waals surface area (Å²) in [4.78, 5) is 6.78. The third kappa shape index (κ3) is 3.05. The van der Waals surface area contributed by atoms with Crippen LogP contribution in [-0.2, 0) is 7.05 Å². The van der Waals surface area contributed by atoms with Crippen LogP contribution in [0.4, 0.5) is 5.95 Å². The molecule has 1 N–H and O–H groups in total. The SMILES string of the molecule is CCCNC1CCC(N(C)c2nccn2C)CC1. The third-order valence-electron chi connectivity index (χ3n) is 4.04. The van der Waals surface area contributed by atoms with Crippen LogP contribution in [0.15, 0.2) is 12.4 Å². The maximum atomic E-state index is 4.43. The van der Waals surface area contributed by atoms with E-state index < -0.39 is 0 Å². The Hall–Kier alpha value is -1.03. The van der Waals surface area contributed by atoms with Crippen molar-refractivity contribution in [3.05, 3.63) is 12.4 Å². The first-order chi connectivity index (χ1) is 8.72. The minimum Gasteiger partial charge on any atom is -0.342 e.